The number of ketones is 1. The largest absolute Gasteiger partial charge is 0.507 e. The lowest BCUT2D eigenvalue weighted by atomic mass is 9.94. The summed E-state index contributed by atoms with van der Waals surface area (Å²) in [7, 11) is 4.46. The zero-order valence-corrected chi connectivity index (χ0v) is 21.1. The molecule has 8 nitrogen and oxygen atoms in total. The van der Waals surface area contributed by atoms with Gasteiger partial charge in [0.1, 0.15) is 5.76 Å². The van der Waals surface area contributed by atoms with E-state index in [0.29, 0.717) is 33.5 Å². The number of carbonyl (C=O) groups is 2. The molecule has 4 rings (SSSR count). The van der Waals surface area contributed by atoms with Crippen LogP contribution < -0.4 is 19.1 Å². The van der Waals surface area contributed by atoms with Crippen LogP contribution in [0.25, 0.3) is 5.76 Å². The van der Waals surface area contributed by atoms with Crippen LogP contribution in [0.15, 0.2) is 42.0 Å². The maximum Gasteiger partial charge on any atom is 0.301 e. The molecule has 1 aromatic heterocycles. The van der Waals surface area contributed by atoms with Crippen LogP contribution >= 0.6 is 11.3 Å². The summed E-state index contributed by atoms with van der Waals surface area (Å²) in [6.07, 6.45) is 0. The van der Waals surface area contributed by atoms with Crippen molar-refractivity contribution < 1.29 is 28.9 Å². The molecule has 0 spiro atoms. The van der Waals surface area contributed by atoms with Gasteiger partial charge in [-0.1, -0.05) is 29.8 Å². The van der Waals surface area contributed by atoms with Crippen molar-refractivity contribution in [3.63, 3.8) is 0 Å². The summed E-state index contributed by atoms with van der Waals surface area (Å²) in [4.78, 5) is 33.5. The number of anilines is 1. The first-order valence-corrected chi connectivity index (χ1v) is 11.6. The SMILES string of the molecule is COc1cc([C@H]2/C(=C(\O)c3ccc(C)cc3)C(=O)C(=O)N2c2nc(C)c(C)s2)cc(OC)c1OC. The van der Waals surface area contributed by atoms with Gasteiger partial charge in [0.15, 0.2) is 16.6 Å². The molecule has 0 aliphatic carbocycles. The topological polar surface area (TPSA) is 98.2 Å². The van der Waals surface area contributed by atoms with E-state index in [2.05, 4.69) is 4.98 Å². The highest BCUT2D eigenvalue weighted by Crippen LogP contribution is 2.47. The number of hydrogen-bond acceptors (Lipinski definition) is 8. The van der Waals surface area contributed by atoms with Crippen molar-refractivity contribution in [2.75, 3.05) is 26.2 Å². The lowest BCUT2D eigenvalue weighted by Gasteiger charge is -2.24. The average molecular weight is 495 g/mol. The van der Waals surface area contributed by atoms with Gasteiger partial charge in [-0.3, -0.25) is 14.5 Å². The molecule has 1 fully saturated rings. The summed E-state index contributed by atoms with van der Waals surface area (Å²) in [5.41, 5.74) is 2.64. The summed E-state index contributed by atoms with van der Waals surface area (Å²) >= 11 is 1.31. The number of carbonyl (C=O) groups excluding carboxylic acids is 2. The number of methoxy groups -OCH3 is 3. The summed E-state index contributed by atoms with van der Waals surface area (Å²) in [6, 6.07) is 9.45. The highest BCUT2D eigenvalue weighted by molar-refractivity contribution is 7.16. The number of aliphatic hydroxyl groups excluding tert-OH is 1. The number of aryl methyl sites for hydroxylation is 3. The van der Waals surface area contributed by atoms with E-state index in [-0.39, 0.29) is 11.3 Å². The Morgan fingerprint density at radius 2 is 1.57 bits per heavy atom. The number of benzene rings is 2. The number of aliphatic hydroxyl groups is 1. The van der Waals surface area contributed by atoms with Crippen molar-refractivity contribution in [2.24, 2.45) is 0 Å². The van der Waals surface area contributed by atoms with Crippen molar-refractivity contribution in [3.8, 4) is 17.2 Å². The molecule has 2 aromatic carbocycles. The summed E-state index contributed by atoms with van der Waals surface area (Å²) < 4.78 is 16.4. The smallest absolute Gasteiger partial charge is 0.301 e. The molecule has 0 unspecified atom stereocenters. The van der Waals surface area contributed by atoms with E-state index >= 15 is 0 Å². The van der Waals surface area contributed by atoms with Crippen molar-refractivity contribution in [2.45, 2.75) is 26.8 Å². The molecule has 2 heterocycles. The number of hydrogen-bond donors (Lipinski definition) is 1. The number of aromatic nitrogens is 1. The zero-order chi connectivity index (χ0) is 25.4. The van der Waals surface area contributed by atoms with Gasteiger partial charge >= 0.3 is 5.91 Å². The van der Waals surface area contributed by atoms with E-state index < -0.39 is 17.7 Å². The van der Waals surface area contributed by atoms with Crippen LogP contribution in [0, 0.1) is 20.8 Å². The molecule has 35 heavy (non-hydrogen) atoms. The predicted octanol–water partition coefficient (Wildman–Crippen LogP) is 4.72. The molecule has 3 aromatic rings. The summed E-state index contributed by atoms with van der Waals surface area (Å²) in [5, 5.41) is 11.6. The highest BCUT2D eigenvalue weighted by atomic mass is 32.1. The lowest BCUT2D eigenvalue weighted by molar-refractivity contribution is -0.132. The molecular weight excluding hydrogens is 468 g/mol. The van der Waals surface area contributed by atoms with E-state index in [9.17, 15) is 14.7 Å². The molecule has 9 heteroatoms. The van der Waals surface area contributed by atoms with Crippen LogP contribution in [0.4, 0.5) is 5.13 Å². The number of rotatable bonds is 6. The fourth-order valence-electron chi connectivity index (χ4n) is 4.03. The average Bonchev–Trinajstić information content (AvgIpc) is 3.32. The first-order chi connectivity index (χ1) is 16.7. The van der Waals surface area contributed by atoms with Gasteiger partial charge in [-0.2, -0.15) is 0 Å². The Balaban J connectivity index is 2.01. The molecule has 182 valence electrons. The molecule has 0 bridgehead atoms. The summed E-state index contributed by atoms with van der Waals surface area (Å²) in [5.74, 6) is -0.758. The van der Waals surface area contributed by atoms with Gasteiger partial charge in [-0.15, -0.1) is 11.3 Å². The maximum absolute atomic E-state index is 13.4. The van der Waals surface area contributed by atoms with Crippen LogP contribution in [0.5, 0.6) is 17.2 Å². The molecular formula is C26H26N2O6S. The predicted molar refractivity (Wildman–Crippen MR) is 134 cm³/mol. The van der Waals surface area contributed by atoms with E-state index in [0.717, 1.165) is 16.1 Å². The molecule has 0 radical (unpaired) electrons. The van der Waals surface area contributed by atoms with Crippen LogP contribution in [-0.2, 0) is 9.59 Å². The first-order valence-electron chi connectivity index (χ1n) is 10.8. The Kier molecular flexibility index (Phi) is 6.53. The third-order valence-electron chi connectivity index (χ3n) is 6.00. The minimum absolute atomic E-state index is 0.0429. The van der Waals surface area contributed by atoms with Crippen molar-refractivity contribution >= 4 is 33.9 Å². The Bertz CT molecular complexity index is 1300. The number of amides is 1. The van der Waals surface area contributed by atoms with Crippen molar-refractivity contribution in [1.82, 2.24) is 4.98 Å². The quantitative estimate of drug-likeness (QED) is 0.301. The fourth-order valence-corrected chi connectivity index (χ4v) is 4.97. The number of nitrogens with zero attached hydrogens (tertiary/aromatic N) is 2. The Labute approximate surface area is 207 Å². The fraction of sp³-hybridized carbons (Fsp3) is 0.269. The van der Waals surface area contributed by atoms with Gasteiger partial charge in [0.25, 0.3) is 5.78 Å². The normalized spacial score (nSPS) is 17.1. The monoisotopic (exact) mass is 494 g/mol. The number of thiazole rings is 1. The van der Waals surface area contributed by atoms with Gasteiger partial charge in [0.05, 0.1) is 38.6 Å². The molecule has 1 saturated heterocycles. The van der Waals surface area contributed by atoms with Gasteiger partial charge in [0, 0.05) is 10.4 Å². The van der Waals surface area contributed by atoms with Crippen LogP contribution in [0.2, 0.25) is 0 Å². The Morgan fingerprint density at radius 1 is 0.971 bits per heavy atom. The van der Waals surface area contributed by atoms with E-state index in [4.69, 9.17) is 14.2 Å². The molecule has 1 N–H and O–H groups in total. The van der Waals surface area contributed by atoms with Crippen molar-refractivity contribution in [1.29, 1.82) is 0 Å². The molecule has 0 saturated carbocycles. The molecule has 1 atom stereocenters. The van der Waals surface area contributed by atoms with Crippen molar-refractivity contribution in [3.05, 3.63) is 69.2 Å². The van der Waals surface area contributed by atoms with Crippen LogP contribution in [0.3, 0.4) is 0 Å². The highest BCUT2D eigenvalue weighted by Gasteiger charge is 2.48. The second kappa shape index (κ2) is 9.42. The summed E-state index contributed by atoms with van der Waals surface area (Å²) in [6.45, 7) is 5.66. The molecule has 1 amide bonds. The van der Waals surface area contributed by atoms with Gasteiger partial charge in [-0.05, 0) is 38.5 Å². The standard InChI is InChI=1S/C26H26N2O6S/c1-13-7-9-16(10-8-13)22(29)20-21(17-11-18(32-4)24(34-6)19(12-17)33-5)28(25(31)23(20)30)26-27-14(2)15(3)35-26/h7-12,21,29H,1-6H3/b22-20+/t21-/m0/s1. The van der Waals surface area contributed by atoms with E-state index in [1.54, 1.807) is 24.3 Å². The Morgan fingerprint density at radius 3 is 2.06 bits per heavy atom. The van der Waals surface area contributed by atoms with Crippen LogP contribution in [-0.4, -0.2) is 43.1 Å². The zero-order valence-electron chi connectivity index (χ0n) is 20.3. The van der Waals surface area contributed by atoms with E-state index in [1.165, 1.54) is 37.6 Å². The lowest BCUT2D eigenvalue weighted by Crippen LogP contribution is -2.29. The minimum atomic E-state index is -0.963. The molecule has 1 aliphatic rings. The third-order valence-corrected chi connectivity index (χ3v) is 7.07. The van der Waals surface area contributed by atoms with E-state index in [1.807, 2.05) is 32.9 Å². The minimum Gasteiger partial charge on any atom is -0.507 e. The second-order valence-electron chi connectivity index (χ2n) is 8.13. The van der Waals surface area contributed by atoms with Crippen LogP contribution in [0.1, 0.15) is 33.3 Å². The number of Topliss-reactive ketones (excluding diaryl/α,β-unsaturated/α-hetero) is 1. The number of ether oxygens (including phenoxy) is 3. The van der Waals surface area contributed by atoms with Gasteiger partial charge < -0.3 is 19.3 Å². The van der Waals surface area contributed by atoms with Gasteiger partial charge in [0.2, 0.25) is 5.75 Å². The van der Waals surface area contributed by atoms with Gasteiger partial charge in [-0.25, -0.2) is 4.98 Å². The second-order valence-corrected chi connectivity index (χ2v) is 9.31. The third kappa shape index (κ3) is 4.12. The maximum atomic E-state index is 13.4. The Hall–Kier alpha value is -3.85. The first kappa shape index (κ1) is 24.3. The molecule has 1 aliphatic heterocycles.